The molecule has 0 aliphatic heterocycles. The van der Waals surface area contributed by atoms with Gasteiger partial charge >= 0.3 is 0 Å². The molecule has 0 saturated heterocycles. The van der Waals surface area contributed by atoms with Crippen LogP contribution in [0.1, 0.15) is 11.4 Å². The zero-order valence-electron chi connectivity index (χ0n) is 8.12. The Kier molecular flexibility index (Phi) is 3.64. The van der Waals surface area contributed by atoms with E-state index in [2.05, 4.69) is 9.97 Å². The van der Waals surface area contributed by atoms with Crippen LogP contribution in [0.25, 0.3) is 0 Å². The third kappa shape index (κ3) is 3.08. The van der Waals surface area contributed by atoms with Crippen LogP contribution in [0, 0.1) is 0 Å². The summed E-state index contributed by atoms with van der Waals surface area (Å²) in [4.78, 5) is 8.17. The van der Waals surface area contributed by atoms with Crippen molar-refractivity contribution in [1.29, 1.82) is 0 Å². The molecule has 82 valence electrons. The average Bonchev–Trinajstić information content (AvgIpc) is 2.15. The number of hydrogen-bond acceptors (Lipinski definition) is 2. The fourth-order valence-electron chi connectivity index (χ4n) is 1.34. The van der Waals surface area contributed by atoms with Crippen LogP contribution in [-0.2, 0) is 6.42 Å². The van der Waals surface area contributed by atoms with Crippen molar-refractivity contribution in [2.75, 3.05) is 0 Å². The predicted molar refractivity (Wildman–Crippen MR) is 66.3 cm³/mol. The molecule has 2 rings (SSSR count). The van der Waals surface area contributed by atoms with Crippen LogP contribution in [0.2, 0.25) is 15.3 Å². The molecule has 0 fully saturated rings. The first-order valence-electron chi connectivity index (χ1n) is 4.57. The summed E-state index contributed by atoms with van der Waals surface area (Å²) in [6.45, 7) is 0. The van der Waals surface area contributed by atoms with E-state index >= 15 is 0 Å². The van der Waals surface area contributed by atoms with Gasteiger partial charge in [-0.15, -0.1) is 0 Å². The highest BCUT2D eigenvalue weighted by Crippen LogP contribution is 2.16. The van der Waals surface area contributed by atoms with Gasteiger partial charge in [-0.05, 0) is 17.7 Å². The number of benzene rings is 1. The lowest BCUT2D eigenvalue weighted by Gasteiger charge is -2.02. The molecule has 0 bridgehead atoms. The van der Waals surface area contributed by atoms with Gasteiger partial charge in [0.25, 0.3) is 0 Å². The van der Waals surface area contributed by atoms with Gasteiger partial charge in [0.2, 0.25) is 0 Å². The fraction of sp³-hybridized carbons (Fsp3) is 0.0909. The molecular formula is C11H7Cl3N2. The van der Waals surface area contributed by atoms with E-state index in [1.54, 1.807) is 0 Å². The summed E-state index contributed by atoms with van der Waals surface area (Å²) >= 11 is 17.5. The van der Waals surface area contributed by atoms with Crippen molar-refractivity contribution in [3.05, 3.63) is 57.0 Å². The number of hydrogen-bond donors (Lipinski definition) is 0. The molecule has 0 atom stereocenters. The fourth-order valence-corrected chi connectivity index (χ4v) is 2.01. The lowest BCUT2D eigenvalue weighted by molar-refractivity contribution is 0.969. The Hall–Kier alpha value is -0.830. The van der Waals surface area contributed by atoms with Crippen molar-refractivity contribution >= 4 is 34.8 Å². The quantitative estimate of drug-likeness (QED) is 0.772. The minimum atomic E-state index is 0.344. The predicted octanol–water partition coefficient (Wildman–Crippen LogP) is 4.03. The molecule has 0 aliphatic carbocycles. The monoisotopic (exact) mass is 272 g/mol. The Labute approximate surface area is 108 Å². The van der Waals surface area contributed by atoms with Crippen LogP contribution in [-0.4, -0.2) is 9.97 Å². The third-order valence-corrected chi connectivity index (χ3v) is 2.58. The normalized spacial score (nSPS) is 10.4. The van der Waals surface area contributed by atoms with Gasteiger partial charge < -0.3 is 0 Å². The van der Waals surface area contributed by atoms with E-state index in [4.69, 9.17) is 34.8 Å². The van der Waals surface area contributed by atoms with E-state index in [1.807, 2.05) is 24.3 Å². The second-order valence-electron chi connectivity index (χ2n) is 3.24. The van der Waals surface area contributed by atoms with Gasteiger partial charge in [0.1, 0.15) is 16.1 Å². The molecule has 0 radical (unpaired) electrons. The van der Waals surface area contributed by atoms with Gasteiger partial charge in [-0.25, -0.2) is 9.97 Å². The van der Waals surface area contributed by atoms with Gasteiger partial charge in [0.15, 0.2) is 0 Å². The maximum atomic E-state index is 5.88. The van der Waals surface area contributed by atoms with Crippen molar-refractivity contribution in [3.63, 3.8) is 0 Å². The van der Waals surface area contributed by atoms with E-state index < -0.39 is 0 Å². The standard InChI is InChI=1S/C11H7Cl3N2/c12-8-3-1-2-7(4-8)5-11-15-9(13)6-10(14)16-11/h1-4,6H,5H2. The van der Waals surface area contributed by atoms with Crippen molar-refractivity contribution in [2.24, 2.45) is 0 Å². The molecule has 0 unspecified atom stereocenters. The molecule has 0 N–H and O–H groups in total. The summed E-state index contributed by atoms with van der Waals surface area (Å²) in [5, 5.41) is 1.37. The van der Waals surface area contributed by atoms with Crippen molar-refractivity contribution in [1.82, 2.24) is 9.97 Å². The zero-order chi connectivity index (χ0) is 11.5. The molecule has 0 aliphatic rings. The minimum absolute atomic E-state index is 0.344. The highest BCUT2D eigenvalue weighted by Gasteiger charge is 2.03. The lowest BCUT2D eigenvalue weighted by atomic mass is 10.1. The smallest absolute Gasteiger partial charge is 0.136 e. The molecule has 5 heteroatoms. The topological polar surface area (TPSA) is 25.8 Å². The van der Waals surface area contributed by atoms with Crippen LogP contribution < -0.4 is 0 Å². The zero-order valence-corrected chi connectivity index (χ0v) is 10.4. The molecule has 1 aromatic carbocycles. The first-order valence-corrected chi connectivity index (χ1v) is 5.70. The lowest BCUT2D eigenvalue weighted by Crippen LogP contribution is -1.97. The highest BCUT2D eigenvalue weighted by molar-refractivity contribution is 6.33. The highest BCUT2D eigenvalue weighted by atomic mass is 35.5. The number of aromatic nitrogens is 2. The summed E-state index contributed by atoms with van der Waals surface area (Å²) in [5.41, 5.74) is 1.02. The van der Waals surface area contributed by atoms with Gasteiger partial charge in [0.05, 0.1) is 0 Å². The largest absolute Gasteiger partial charge is 0.221 e. The molecule has 1 aromatic heterocycles. The van der Waals surface area contributed by atoms with Crippen LogP contribution in [0.5, 0.6) is 0 Å². The number of rotatable bonds is 2. The Balaban J connectivity index is 2.27. The number of nitrogens with zero attached hydrogens (tertiary/aromatic N) is 2. The third-order valence-electron chi connectivity index (χ3n) is 1.96. The van der Waals surface area contributed by atoms with E-state index in [-0.39, 0.29) is 0 Å². The first-order chi connectivity index (χ1) is 7.63. The number of halogens is 3. The van der Waals surface area contributed by atoms with Gasteiger partial charge in [0, 0.05) is 17.5 Å². The second-order valence-corrected chi connectivity index (χ2v) is 4.45. The minimum Gasteiger partial charge on any atom is -0.221 e. The average molecular weight is 274 g/mol. The van der Waals surface area contributed by atoms with Crippen molar-refractivity contribution < 1.29 is 0 Å². The molecule has 0 amide bonds. The maximum Gasteiger partial charge on any atom is 0.136 e. The Morgan fingerprint density at radius 2 is 1.62 bits per heavy atom. The van der Waals surface area contributed by atoms with Gasteiger partial charge in [-0.1, -0.05) is 46.9 Å². The summed E-state index contributed by atoms with van der Waals surface area (Å²) < 4.78 is 0. The van der Waals surface area contributed by atoms with Crippen molar-refractivity contribution in [3.8, 4) is 0 Å². The molecule has 16 heavy (non-hydrogen) atoms. The molecule has 1 heterocycles. The summed E-state index contributed by atoms with van der Waals surface area (Å²) in [6, 6.07) is 9.01. The SMILES string of the molecule is Clc1cccc(Cc2nc(Cl)cc(Cl)n2)c1. The van der Waals surface area contributed by atoms with E-state index in [9.17, 15) is 0 Å². The molecule has 0 saturated carbocycles. The molecular weight excluding hydrogens is 266 g/mol. The summed E-state index contributed by atoms with van der Waals surface area (Å²) in [6.07, 6.45) is 0.556. The van der Waals surface area contributed by atoms with Gasteiger partial charge in [-0.2, -0.15) is 0 Å². The Morgan fingerprint density at radius 3 is 2.25 bits per heavy atom. The van der Waals surface area contributed by atoms with E-state index in [0.717, 1.165) is 5.56 Å². The van der Waals surface area contributed by atoms with Gasteiger partial charge in [-0.3, -0.25) is 0 Å². The Bertz CT molecular complexity index is 494. The molecule has 2 aromatic rings. The van der Waals surface area contributed by atoms with E-state index in [1.165, 1.54) is 6.07 Å². The summed E-state index contributed by atoms with van der Waals surface area (Å²) in [5.74, 6) is 0.583. The van der Waals surface area contributed by atoms with Crippen LogP contribution in [0.4, 0.5) is 0 Å². The Morgan fingerprint density at radius 1 is 0.938 bits per heavy atom. The summed E-state index contributed by atoms with van der Waals surface area (Å²) in [7, 11) is 0. The van der Waals surface area contributed by atoms with E-state index in [0.29, 0.717) is 27.6 Å². The van der Waals surface area contributed by atoms with Crippen LogP contribution >= 0.6 is 34.8 Å². The second kappa shape index (κ2) is 5.00. The molecule has 0 spiro atoms. The van der Waals surface area contributed by atoms with Crippen molar-refractivity contribution in [2.45, 2.75) is 6.42 Å². The first kappa shape index (κ1) is 11.6. The van der Waals surface area contributed by atoms with Crippen LogP contribution in [0.3, 0.4) is 0 Å². The molecule has 2 nitrogen and oxygen atoms in total. The van der Waals surface area contributed by atoms with Crippen LogP contribution in [0.15, 0.2) is 30.3 Å². The maximum absolute atomic E-state index is 5.88.